The smallest absolute Gasteiger partial charge is 0.312 e. The second-order valence-electron chi connectivity index (χ2n) is 3.77. The van der Waals surface area contributed by atoms with Crippen molar-refractivity contribution in [2.75, 3.05) is 39.8 Å². The molecule has 0 bridgehead atoms. The summed E-state index contributed by atoms with van der Waals surface area (Å²) in [5.74, 6) is -0.758. The molecule has 0 aromatic heterocycles. The molecule has 2 amide bonds. The third kappa shape index (κ3) is 3.20. The van der Waals surface area contributed by atoms with Crippen molar-refractivity contribution in [3.05, 3.63) is 0 Å². The summed E-state index contributed by atoms with van der Waals surface area (Å²) < 4.78 is 0. The van der Waals surface area contributed by atoms with Crippen molar-refractivity contribution in [3.8, 4) is 0 Å². The zero-order valence-corrected chi connectivity index (χ0v) is 9.45. The van der Waals surface area contributed by atoms with Gasteiger partial charge in [0, 0.05) is 39.8 Å². The van der Waals surface area contributed by atoms with Gasteiger partial charge in [0.15, 0.2) is 0 Å². The molecule has 0 unspecified atom stereocenters. The zero-order chi connectivity index (χ0) is 11.3. The van der Waals surface area contributed by atoms with Crippen molar-refractivity contribution >= 4 is 11.8 Å². The Balaban J connectivity index is 2.47. The van der Waals surface area contributed by atoms with Crippen LogP contribution in [0.2, 0.25) is 0 Å². The summed E-state index contributed by atoms with van der Waals surface area (Å²) in [5.41, 5.74) is 0. The molecule has 0 aromatic carbocycles. The molecule has 0 saturated carbocycles. The fraction of sp³-hybridized carbons (Fsp3) is 0.800. The summed E-state index contributed by atoms with van der Waals surface area (Å²) in [6.45, 7) is 5.43. The van der Waals surface area contributed by atoms with Crippen LogP contribution < -0.4 is 5.32 Å². The number of amides is 2. The summed E-state index contributed by atoms with van der Waals surface area (Å²) in [6, 6.07) is 0. The van der Waals surface area contributed by atoms with Crippen LogP contribution in [-0.4, -0.2) is 61.4 Å². The van der Waals surface area contributed by atoms with Crippen LogP contribution in [0.15, 0.2) is 0 Å². The number of carbonyl (C=O) groups is 2. The number of rotatable bonds is 2. The van der Waals surface area contributed by atoms with Crippen molar-refractivity contribution in [3.63, 3.8) is 0 Å². The van der Waals surface area contributed by atoms with Gasteiger partial charge in [0.1, 0.15) is 0 Å². The molecule has 1 N–H and O–H groups in total. The lowest BCUT2D eigenvalue weighted by atomic mass is 10.3. The Hall–Kier alpha value is -1.10. The van der Waals surface area contributed by atoms with Crippen LogP contribution in [0.1, 0.15) is 13.3 Å². The first-order chi connectivity index (χ1) is 7.16. The van der Waals surface area contributed by atoms with Crippen LogP contribution in [0.25, 0.3) is 0 Å². The molecule has 5 nitrogen and oxygen atoms in total. The van der Waals surface area contributed by atoms with Crippen molar-refractivity contribution < 1.29 is 9.59 Å². The molecule has 86 valence electrons. The number of carbonyl (C=O) groups excluding carboxylic acids is 2. The van der Waals surface area contributed by atoms with Gasteiger partial charge in [-0.25, -0.2) is 0 Å². The van der Waals surface area contributed by atoms with Gasteiger partial charge in [-0.3, -0.25) is 9.59 Å². The Morgan fingerprint density at radius 1 is 1.33 bits per heavy atom. The van der Waals surface area contributed by atoms with E-state index >= 15 is 0 Å². The highest BCUT2D eigenvalue weighted by atomic mass is 16.2. The monoisotopic (exact) mass is 213 g/mol. The molecule has 0 aliphatic carbocycles. The van der Waals surface area contributed by atoms with Crippen LogP contribution in [0.4, 0.5) is 0 Å². The number of nitrogens with one attached hydrogen (secondary N) is 1. The van der Waals surface area contributed by atoms with Gasteiger partial charge in [-0.2, -0.15) is 0 Å². The Morgan fingerprint density at radius 3 is 2.47 bits per heavy atom. The van der Waals surface area contributed by atoms with E-state index in [-0.39, 0.29) is 5.91 Å². The van der Waals surface area contributed by atoms with Gasteiger partial charge < -0.3 is 15.1 Å². The molecule has 1 heterocycles. The summed E-state index contributed by atoms with van der Waals surface area (Å²) in [7, 11) is 1.67. The van der Waals surface area contributed by atoms with Gasteiger partial charge in [0.25, 0.3) is 0 Å². The lowest BCUT2D eigenvalue weighted by Crippen LogP contribution is -2.51. The number of hydrogen-bond acceptors (Lipinski definition) is 3. The Bertz CT molecular complexity index is 237. The lowest BCUT2D eigenvalue weighted by molar-refractivity contribution is -0.151. The minimum atomic E-state index is -0.390. The maximum atomic E-state index is 11.7. The first-order valence-corrected chi connectivity index (χ1v) is 5.42. The number of piperazine rings is 1. The van der Waals surface area contributed by atoms with E-state index in [0.29, 0.717) is 19.6 Å². The van der Waals surface area contributed by atoms with Gasteiger partial charge in [-0.1, -0.05) is 6.92 Å². The average molecular weight is 213 g/mol. The Labute approximate surface area is 90.4 Å². The third-order valence-electron chi connectivity index (χ3n) is 2.49. The summed E-state index contributed by atoms with van der Waals surface area (Å²) in [4.78, 5) is 26.5. The predicted molar refractivity (Wildman–Crippen MR) is 57.4 cm³/mol. The van der Waals surface area contributed by atoms with E-state index in [1.54, 1.807) is 11.9 Å². The maximum absolute atomic E-state index is 11.7. The van der Waals surface area contributed by atoms with Crippen molar-refractivity contribution in [2.24, 2.45) is 0 Å². The molecular weight excluding hydrogens is 194 g/mol. The first-order valence-electron chi connectivity index (χ1n) is 5.42. The van der Waals surface area contributed by atoms with Crippen LogP contribution >= 0.6 is 0 Å². The third-order valence-corrected chi connectivity index (χ3v) is 2.49. The second-order valence-corrected chi connectivity index (χ2v) is 3.77. The summed E-state index contributed by atoms with van der Waals surface area (Å²) in [5, 5.41) is 3.14. The molecule has 1 saturated heterocycles. The fourth-order valence-corrected chi connectivity index (χ4v) is 1.60. The molecule has 1 aliphatic heterocycles. The first kappa shape index (κ1) is 12.0. The highest BCUT2D eigenvalue weighted by molar-refractivity contribution is 6.34. The molecule has 1 rings (SSSR count). The number of nitrogens with zero attached hydrogens (tertiary/aromatic N) is 2. The van der Waals surface area contributed by atoms with E-state index in [4.69, 9.17) is 0 Å². The van der Waals surface area contributed by atoms with Gasteiger partial charge in [-0.15, -0.1) is 0 Å². The topological polar surface area (TPSA) is 52.7 Å². The minimum absolute atomic E-state index is 0.368. The Kier molecular flexibility index (Phi) is 4.55. The standard InChI is InChI=1S/C10H19N3O2/c1-3-6-12(2)9(14)10(15)13-7-4-11-5-8-13/h11H,3-8H2,1-2H3. The highest BCUT2D eigenvalue weighted by Crippen LogP contribution is 1.97. The van der Waals surface area contributed by atoms with E-state index in [9.17, 15) is 9.59 Å². The molecule has 1 fully saturated rings. The van der Waals surface area contributed by atoms with Crippen LogP contribution in [0, 0.1) is 0 Å². The van der Waals surface area contributed by atoms with Crippen molar-refractivity contribution in [2.45, 2.75) is 13.3 Å². The van der Waals surface area contributed by atoms with Gasteiger partial charge >= 0.3 is 11.8 Å². The number of hydrogen-bond donors (Lipinski definition) is 1. The van der Waals surface area contributed by atoms with E-state index in [0.717, 1.165) is 19.5 Å². The molecule has 15 heavy (non-hydrogen) atoms. The number of likely N-dealkylation sites (N-methyl/N-ethyl adjacent to an activating group) is 1. The fourth-order valence-electron chi connectivity index (χ4n) is 1.60. The summed E-state index contributed by atoms with van der Waals surface area (Å²) >= 11 is 0. The van der Waals surface area contributed by atoms with Gasteiger partial charge in [0.05, 0.1) is 0 Å². The van der Waals surface area contributed by atoms with E-state index in [1.807, 2.05) is 6.92 Å². The zero-order valence-electron chi connectivity index (χ0n) is 9.45. The molecule has 1 aliphatic rings. The van der Waals surface area contributed by atoms with Crippen LogP contribution in [0.5, 0.6) is 0 Å². The van der Waals surface area contributed by atoms with E-state index < -0.39 is 5.91 Å². The van der Waals surface area contributed by atoms with Crippen molar-refractivity contribution in [1.82, 2.24) is 15.1 Å². The van der Waals surface area contributed by atoms with Crippen LogP contribution in [-0.2, 0) is 9.59 Å². The molecule has 0 aromatic rings. The molecule has 0 atom stereocenters. The second kappa shape index (κ2) is 5.70. The molecule has 5 heteroatoms. The molecule has 0 radical (unpaired) electrons. The minimum Gasteiger partial charge on any atom is -0.338 e. The van der Waals surface area contributed by atoms with Crippen molar-refractivity contribution in [1.29, 1.82) is 0 Å². The maximum Gasteiger partial charge on any atom is 0.312 e. The predicted octanol–water partition coefficient (Wildman–Crippen LogP) is -0.713. The van der Waals surface area contributed by atoms with E-state index in [1.165, 1.54) is 4.90 Å². The lowest BCUT2D eigenvalue weighted by Gasteiger charge is -2.28. The van der Waals surface area contributed by atoms with Crippen LogP contribution in [0.3, 0.4) is 0 Å². The highest BCUT2D eigenvalue weighted by Gasteiger charge is 2.25. The Morgan fingerprint density at radius 2 is 1.93 bits per heavy atom. The normalized spacial score (nSPS) is 16.3. The average Bonchev–Trinajstić information content (AvgIpc) is 2.28. The SMILES string of the molecule is CCCN(C)C(=O)C(=O)N1CCNCC1. The van der Waals surface area contributed by atoms with Gasteiger partial charge in [-0.05, 0) is 6.42 Å². The largest absolute Gasteiger partial charge is 0.338 e. The molecular formula is C10H19N3O2. The summed E-state index contributed by atoms with van der Waals surface area (Å²) in [6.07, 6.45) is 0.872. The quantitative estimate of drug-likeness (QED) is 0.616. The molecule has 0 spiro atoms. The van der Waals surface area contributed by atoms with E-state index in [2.05, 4.69) is 5.32 Å². The van der Waals surface area contributed by atoms with Gasteiger partial charge in [0.2, 0.25) is 0 Å².